The number of carboxylic acid groups (broad SMARTS) is 2. The van der Waals surface area contributed by atoms with Gasteiger partial charge in [0.2, 0.25) is 0 Å². The molecule has 0 spiro atoms. The summed E-state index contributed by atoms with van der Waals surface area (Å²) < 4.78 is 0. The maximum atomic E-state index is 10.2. The van der Waals surface area contributed by atoms with Gasteiger partial charge >= 0.3 is 103 Å². The minimum absolute atomic E-state index is 0. The van der Waals surface area contributed by atoms with Crippen LogP contribution in [-0.2, 0) is 9.63 Å². The third-order valence-corrected chi connectivity index (χ3v) is 0.640. The number of carbonyl (C=O) groups excluding carboxylic acids is 2. The summed E-state index contributed by atoms with van der Waals surface area (Å²) in [5, 5.41) is 16.7. The average molecular weight is 237 g/mol. The number of hydrogen-bond acceptors (Lipinski definition) is 5. The third kappa shape index (κ3) is 19.8. The van der Waals surface area contributed by atoms with E-state index in [4.69, 9.17) is 15.0 Å². The van der Waals surface area contributed by atoms with Crippen LogP contribution in [0.2, 0.25) is 0 Å². The van der Waals surface area contributed by atoms with Crippen LogP contribution >= 0.6 is 0 Å². The number of nitrogens with one attached hydrogen (secondary N) is 1. The Morgan fingerprint density at radius 3 is 2.08 bits per heavy atom. The van der Waals surface area contributed by atoms with Crippen LogP contribution in [0.5, 0.6) is 0 Å². The molecule has 1 aliphatic rings. The Labute approximate surface area is 160 Å². The minimum Gasteiger partial charge on any atom is -0.652 e. The second kappa shape index (κ2) is 13.6. The molecule has 0 fully saturated rings. The summed E-state index contributed by atoms with van der Waals surface area (Å²) in [4.78, 5) is 22.9. The first-order valence-electron chi connectivity index (χ1n) is 2.60. The predicted molar refractivity (Wildman–Crippen MR) is 28.4 cm³/mol. The van der Waals surface area contributed by atoms with E-state index >= 15 is 0 Å². The van der Waals surface area contributed by atoms with Crippen LogP contribution < -0.4 is 118 Å². The zero-order valence-corrected chi connectivity index (χ0v) is 13.6. The minimum atomic E-state index is -2.33. The molecule has 0 aromatic heterocycles. The van der Waals surface area contributed by atoms with Crippen LogP contribution in [0.1, 0.15) is 6.42 Å². The fourth-order valence-electron chi connectivity index (χ4n) is 0.345. The van der Waals surface area contributed by atoms with Gasteiger partial charge in [0.15, 0.2) is 0 Å². The van der Waals surface area contributed by atoms with E-state index in [-0.39, 0.29) is 109 Å². The monoisotopic (exact) mass is 237 g/mol. The Morgan fingerprint density at radius 2 is 1.92 bits per heavy atom. The van der Waals surface area contributed by atoms with Crippen LogP contribution in [0.4, 0.5) is 4.79 Å². The quantitative estimate of drug-likeness (QED) is 0.422. The Bertz CT molecular complexity index is 180. The van der Waals surface area contributed by atoms with E-state index in [1.165, 1.54) is 6.26 Å². The molecule has 8 heteroatoms. The number of carbonyl (C=O) groups is 2. The smallest absolute Gasteiger partial charge is 0.652 e. The van der Waals surface area contributed by atoms with Gasteiger partial charge in [0.25, 0.3) is 5.91 Å². The SMILES string of the molecule is O=C([O-])[O-].O=C1CC=CON1.[K+].[K+]. The van der Waals surface area contributed by atoms with Crippen molar-refractivity contribution in [1.82, 2.24) is 5.48 Å². The van der Waals surface area contributed by atoms with Gasteiger partial charge in [0.05, 0.1) is 6.42 Å². The van der Waals surface area contributed by atoms with Crippen LogP contribution in [0.3, 0.4) is 0 Å². The molecule has 1 N–H and O–H groups in total. The van der Waals surface area contributed by atoms with E-state index in [0.29, 0.717) is 6.42 Å². The molecule has 0 atom stereocenters. The van der Waals surface area contributed by atoms with E-state index in [2.05, 4.69) is 10.3 Å². The van der Waals surface area contributed by atoms with Crippen molar-refractivity contribution < 1.29 is 127 Å². The molecule has 1 amide bonds. The van der Waals surface area contributed by atoms with Crippen molar-refractivity contribution in [2.75, 3.05) is 0 Å². The number of rotatable bonds is 0. The van der Waals surface area contributed by atoms with Gasteiger partial charge in [0.1, 0.15) is 6.26 Å². The van der Waals surface area contributed by atoms with Crippen LogP contribution in [0, 0.1) is 0 Å². The standard InChI is InChI=1S/C4H5NO2.CH2O3.2K/c6-4-2-1-3-7-5-4;2-1(3)4;;/h1,3H,2H2,(H,5,6);(H2,2,3,4);;/q;;2*+1/p-2. The largest absolute Gasteiger partial charge is 1.00 e. The molecule has 0 aromatic rings. The molecule has 0 saturated heterocycles. The van der Waals surface area contributed by atoms with Crippen LogP contribution in [0.15, 0.2) is 12.3 Å². The Hall–Kier alpha value is 1.55. The van der Waals surface area contributed by atoms with Gasteiger partial charge < -0.3 is 19.8 Å². The number of hydrogen-bond donors (Lipinski definition) is 1. The first-order chi connectivity index (χ1) is 5.13. The van der Waals surface area contributed by atoms with Crippen molar-refractivity contribution in [3.8, 4) is 0 Å². The van der Waals surface area contributed by atoms with Gasteiger partial charge in [-0.15, -0.1) is 0 Å². The third-order valence-electron chi connectivity index (χ3n) is 0.640. The molecule has 0 unspecified atom stereocenters. The topological polar surface area (TPSA) is 102 Å². The zero-order chi connectivity index (χ0) is 8.69. The molecule has 0 aliphatic carbocycles. The second-order valence-corrected chi connectivity index (χ2v) is 1.47. The maximum Gasteiger partial charge on any atom is 1.00 e. The summed E-state index contributed by atoms with van der Waals surface area (Å²) >= 11 is 0. The van der Waals surface area contributed by atoms with Crippen molar-refractivity contribution in [2.24, 2.45) is 0 Å². The molecule has 0 saturated carbocycles. The summed E-state index contributed by atoms with van der Waals surface area (Å²) in [5.41, 5.74) is 2.16. The summed E-state index contributed by atoms with van der Waals surface area (Å²) in [7, 11) is 0. The van der Waals surface area contributed by atoms with Gasteiger partial charge in [0, 0.05) is 0 Å². The Morgan fingerprint density at radius 1 is 1.46 bits per heavy atom. The molecular formula is C5H5K2NO5. The number of amides is 1. The van der Waals surface area contributed by atoms with E-state index in [1.54, 1.807) is 6.08 Å². The van der Waals surface area contributed by atoms with Gasteiger partial charge in [-0.25, -0.2) is 0 Å². The van der Waals surface area contributed by atoms with Gasteiger partial charge in [-0.2, -0.15) is 5.48 Å². The molecule has 0 aromatic carbocycles. The van der Waals surface area contributed by atoms with Crippen LogP contribution in [0.25, 0.3) is 0 Å². The molecule has 0 bridgehead atoms. The van der Waals surface area contributed by atoms with Crippen molar-refractivity contribution in [3.63, 3.8) is 0 Å². The fourth-order valence-corrected chi connectivity index (χ4v) is 0.345. The maximum absolute atomic E-state index is 10.2. The van der Waals surface area contributed by atoms with E-state index in [0.717, 1.165) is 0 Å². The van der Waals surface area contributed by atoms with Crippen molar-refractivity contribution in [1.29, 1.82) is 0 Å². The van der Waals surface area contributed by atoms with Gasteiger partial charge in [-0.1, -0.05) is 0 Å². The van der Waals surface area contributed by atoms with E-state index in [9.17, 15) is 4.79 Å². The normalized spacial score (nSPS) is 11.5. The summed E-state index contributed by atoms with van der Waals surface area (Å²) in [6.45, 7) is 0. The van der Waals surface area contributed by atoms with Crippen molar-refractivity contribution >= 4 is 12.1 Å². The van der Waals surface area contributed by atoms with Gasteiger partial charge in [-0.05, 0) is 12.2 Å². The molecular weight excluding hydrogens is 232 g/mol. The van der Waals surface area contributed by atoms with E-state index in [1.807, 2.05) is 0 Å². The average Bonchev–Trinajstić information content (AvgIpc) is 1.87. The summed E-state index contributed by atoms with van der Waals surface area (Å²) in [6.07, 6.45) is 1.19. The van der Waals surface area contributed by atoms with Crippen LogP contribution in [-0.4, -0.2) is 12.1 Å². The number of hydroxylamine groups is 1. The second-order valence-electron chi connectivity index (χ2n) is 1.47. The Kier molecular flexibility index (Phi) is 20.9. The van der Waals surface area contributed by atoms with Gasteiger partial charge in [-0.3, -0.25) is 4.79 Å². The summed E-state index contributed by atoms with van der Waals surface area (Å²) in [6, 6.07) is 0. The molecule has 1 heterocycles. The molecule has 1 rings (SSSR count). The Balaban J connectivity index is -0.000000150. The van der Waals surface area contributed by atoms with Crippen molar-refractivity contribution in [3.05, 3.63) is 12.3 Å². The fraction of sp³-hybridized carbons (Fsp3) is 0.200. The molecule has 1 aliphatic heterocycles. The van der Waals surface area contributed by atoms with E-state index < -0.39 is 6.16 Å². The molecule has 62 valence electrons. The first kappa shape index (κ1) is 20.0. The predicted octanol–water partition coefficient (Wildman–Crippen LogP) is -8.49. The van der Waals surface area contributed by atoms with Crippen molar-refractivity contribution in [2.45, 2.75) is 6.42 Å². The molecule has 0 radical (unpaired) electrons. The first-order valence-corrected chi connectivity index (χ1v) is 2.60. The molecule has 13 heavy (non-hydrogen) atoms. The molecule has 6 nitrogen and oxygen atoms in total. The zero-order valence-electron chi connectivity index (χ0n) is 7.40. The summed E-state index contributed by atoms with van der Waals surface area (Å²) in [5.74, 6) is -0.0949.